The maximum Gasteiger partial charge on any atom is 0.272 e. The Morgan fingerprint density at radius 2 is 2.17 bits per heavy atom. The van der Waals surface area contributed by atoms with Gasteiger partial charge in [0, 0.05) is 29.2 Å². The first-order chi connectivity index (χ1) is 11.7. The molecule has 6 nitrogen and oxygen atoms in total. The highest BCUT2D eigenvalue weighted by atomic mass is 32.1. The molecule has 24 heavy (non-hydrogen) atoms. The molecule has 124 valence electrons. The number of fused-ring (bicyclic) bond motifs is 4. The van der Waals surface area contributed by atoms with Crippen LogP contribution in [0.5, 0.6) is 0 Å². The van der Waals surface area contributed by atoms with E-state index in [1.165, 1.54) is 24.2 Å². The van der Waals surface area contributed by atoms with Gasteiger partial charge in [-0.2, -0.15) is 5.10 Å². The first-order valence-electron chi connectivity index (χ1n) is 8.46. The van der Waals surface area contributed by atoms with Gasteiger partial charge >= 0.3 is 0 Å². The maximum absolute atomic E-state index is 13.1. The molecule has 1 unspecified atom stereocenters. The van der Waals surface area contributed by atoms with E-state index in [1.807, 2.05) is 23.8 Å². The lowest BCUT2D eigenvalue weighted by atomic mass is 9.86. The van der Waals surface area contributed by atoms with Crippen molar-refractivity contribution >= 4 is 21.6 Å². The molecule has 1 N–H and O–H groups in total. The predicted octanol–water partition coefficient (Wildman–Crippen LogP) is 2.77. The van der Waals surface area contributed by atoms with Gasteiger partial charge in [-0.1, -0.05) is 0 Å². The van der Waals surface area contributed by atoms with E-state index >= 15 is 0 Å². The maximum atomic E-state index is 13.1. The first-order valence-corrected chi connectivity index (χ1v) is 9.27. The van der Waals surface area contributed by atoms with Crippen molar-refractivity contribution < 1.29 is 0 Å². The van der Waals surface area contributed by atoms with Crippen molar-refractivity contribution in [3.8, 4) is 10.4 Å². The van der Waals surface area contributed by atoms with Crippen LogP contribution in [0.2, 0.25) is 0 Å². The summed E-state index contributed by atoms with van der Waals surface area (Å²) in [5.74, 6) is 0.759. The van der Waals surface area contributed by atoms with E-state index in [9.17, 15) is 4.79 Å². The van der Waals surface area contributed by atoms with Crippen LogP contribution in [-0.2, 0) is 0 Å². The molecule has 7 heteroatoms. The highest BCUT2D eigenvalue weighted by Gasteiger charge is 2.35. The molecule has 3 aliphatic heterocycles. The number of H-pyrrole nitrogens is 1. The highest BCUT2D eigenvalue weighted by Crippen LogP contribution is 2.37. The molecule has 0 saturated carbocycles. The summed E-state index contributed by atoms with van der Waals surface area (Å²) in [7, 11) is 0. The van der Waals surface area contributed by atoms with Crippen LogP contribution in [0.4, 0.5) is 0 Å². The molecule has 0 aromatic carbocycles. The van der Waals surface area contributed by atoms with Crippen molar-refractivity contribution in [1.29, 1.82) is 0 Å². The van der Waals surface area contributed by atoms with Crippen LogP contribution in [0.15, 0.2) is 23.4 Å². The van der Waals surface area contributed by atoms with Gasteiger partial charge in [0.1, 0.15) is 4.70 Å². The number of hydrogen-bond acceptors (Lipinski definition) is 5. The van der Waals surface area contributed by atoms with Gasteiger partial charge in [-0.15, -0.1) is 11.3 Å². The zero-order valence-corrected chi connectivity index (χ0v) is 14.3. The molecule has 3 aliphatic rings. The average molecular weight is 341 g/mol. The van der Waals surface area contributed by atoms with E-state index in [0.717, 1.165) is 51.8 Å². The number of hydrogen-bond donors (Lipinski definition) is 1. The third-order valence-corrected chi connectivity index (χ3v) is 6.64. The van der Waals surface area contributed by atoms with Crippen molar-refractivity contribution in [2.45, 2.75) is 32.4 Å². The van der Waals surface area contributed by atoms with Gasteiger partial charge in [-0.05, 0) is 38.2 Å². The Morgan fingerprint density at radius 1 is 1.33 bits per heavy atom. The summed E-state index contributed by atoms with van der Waals surface area (Å²) in [6.07, 6.45) is 7.35. The molecule has 0 amide bonds. The van der Waals surface area contributed by atoms with Gasteiger partial charge in [-0.25, -0.2) is 4.98 Å². The second-order valence-electron chi connectivity index (χ2n) is 6.89. The number of nitrogens with one attached hydrogen (secondary N) is 1. The van der Waals surface area contributed by atoms with Gasteiger partial charge in [0.15, 0.2) is 0 Å². The number of aromatic nitrogens is 4. The summed E-state index contributed by atoms with van der Waals surface area (Å²) in [6.45, 7) is 4.19. The Bertz CT molecular complexity index is 963. The van der Waals surface area contributed by atoms with E-state index in [2.05, 4.69) is 20.1 Å². The number of piperidine rings is 3. The van der Waals surface area contributed by atoms with Crippen molar-refractivity contribution in [3.63, 3.8) is 0 Å². The number of nitrogens with zero attached hydrogens (tertiary/aromatic N) is 4. The topological polar surface area (TPSA) is 66.8 Å². The van der Waals surface area contributed by atoms with Gasteiger partial charge < -0.3 is 0 Å². The van der Waals surface area contributed by atoms with E-state index in [1.54, 1.807) is 6.33 Å². The van der Waals surface area contributed by atoms with Gasteiger partial charge in [-0.3, -0.25) is 19.4 Å². The summed E-state index contributed by atoms with van der Waals surface area (Å²) in [4.78, 5) is 21.1. The largest absolute Gasteiger partial charge is 0.283 e. The summed E-state index contributed by atoms with van der Waals surface area (Å²) >= 11 is 1.52. The summed E-state index contributed by atoms with van der Waals surface area (Å²) in [5, 5.41) is 7.03. The van der Waals surface area contributed by atoms with Crippen molar-refractivity contribution in [2.24, 2.45) is 5.92 Å². The molecular weight excluding hydrogens is 322 g/mol. The van der Waals surface area contributed by atoms with Crippen LogP contribution < -0.4 is 5.56 Å². The lowest BCUT2D eigenvalue weighted by Crippen LogP contribution is -2.48. The molecule has 3 saturated heterocycles. The smallest absolute Gasteiger partial charge is 0.272 e. The minimum atomic E-state index is 0.0925. The molecule has 6 heterocycles. The summed E-state index contributed by atoms with van der Waals surface area (Å²) in [5.41, 5.74) is 2.93. The fourth-order valence-electron chi connectivity index (χ4n) is 4.09. The van der Waals surface area contributed by atoms with Crippen LogP contribution in [0.3, 0.4) is 0 Å². The fraction of sp³-hybridized carbons (Fsp3) is 0.471. The Balaban J connectivity index is 1.61. The van der Waals surface area contributed by atoms with E-state index in [4.69, 9.17) is 0 Å². The molecule has 1 atom stereocenters. The van der Waals surface area contributed by atoms with E-state index in [0.29, 0.717) is 0 Å². The molecule has 0 spiro atoms. The van der Waals surface area contributed by atoms with Crippen LogP contribution in [-0.4, -0.2) is 37.7 Å². The third kappa shape index (κ3) is 2.08. The quantitative estimate of drug-likeness (QED) is 0.778. The molecule has 2 bridgehead atoms. The molecule has 6 rings (SSSR count). The SMILES string of the molecule is Cc1[nH]ncc1-c1cc2ncn(C3CC4CCN3CC4)c(=O)c2s1. The number of aromatic amines is 1. The lowest BCUT2D eigenvalue weighted by molar-refractivity contribution is 0.00771. The van der Waals surface area contributed by atoms with Crippen molar-refractivity contribution in [3.05, 3.63) is 34.6 Å². The number of aryl methyl sites for hydroxylation is 1. The molecular formula is C17H19N5OS. The van der Waals surface area contributed by atoms with Crippen LogP contribution in [0.25, 0.3) is 20.7 Å². The Labute approximate surface area is 143 Å². The second-order valence-corrected chi connectivity index (χ2v) is 7.94. The molecule has 3 aromatic rings. The van der Waals surface area contributed by atoms with Crippen molar-refractivity contribution in [1.82, 2.24) is 24.6 Å². The average Bonchev–Trinajstić information content (AvgIpc) is 3.22. The molecule has 0 radical (unpaired) electrons. The summed E-state index contributed by atoms with van der Waals surface area (Å²) in [6, 6.07) is 2.00. The summed E-state index contributed by atoms with van der Waals surface area (Å²) < 4.78 is 2.60. The van der Waals surface area contributed by atoms with Gasteiger partial charge in [0.2, 0.25) is 0 Å². The Kier molecular flexibility index (Phi) is 3.14. The first kappa shape index (κ1) is 14.4. The minimum Gasteiger partial charge on any atom is -0.283 e. The second kappa shape index (κ2) is 5.26. The molecule has 0 aliphatic carbocycles. The Hall–Kier alpha value is -1.99. The van der Waals surface area contributed by atoms with Crippen LogP contribution in [0, 0.1) is 12.8 Å². The van der Waals surface area contributed by atoms with Crippen LogP contribution in [0.1, 0.15) is 31.1 Å². The van der Waals surface area contributed by atoms with Crippen LogP contribution >= 0.6 is 11.3 Å². The number of thiophene rings is 1. The minimum absolute atomic E-state index is 0.0925. The molecule has 3 fully saturated rings. The van der Waals surface area contributed by atoms with Gasteiger partial charge in [0.25, 0.3) is 5.56 Å². The standard InChI is InChI=1S/C17H19N5OS/c1-10-12(8-19-20-10)14-7-13-16(24-14)17(23)22(9-18-13)15-6-11-2-4-21(15)5-3-11/h7-9,11,15H,2-6H2,1H3,(H,19,20). The van der Waals surface area contributed by atoms with Gasteiger partial charge in [0.05, 0.1) is 24.2 Å². The highest BCUT2D eigenvalue weighted by molar-refractivity contribution is 7.22. The molecule has 3 aromatic heterocycles. The lowest BCUT2D eigenvalue weighted by Gasteiger charge is -2.45. The fourth-order valence-corrected chi connectivity index (χ4v) is 5.21. The van der Waals surface area contributed by atoms with Crippen molar-refractivity contribution in [2.75, 3.05) is 13.1 Å². The predicted molar refractivity (Wildman–Crippen MR) is 94.1 cm³/mol. The third-order valence-electron chi connectivity index (χ3n) is 5.49. The number of rotatable bonds is 2. The van der Waals surface area contributed by atoms with E-state index in [-0.39, 0.29) is 11.7 Å². The zero-order chi connectivity index (χ0) is 16.3. The van der Waals surface area contributed by atoms with E-state index < -0.39 is 0 Å². The zero-order valence-electron chi connectivity index (χ0n) is 13.5. The monoisotopic (exact) mass is 341 g/mol. The Morgan fingerprint density at radius 3 is 2.83 bits per heavy atom. The normalized spacial score (nSPS) is 26.3.